The molecule has 2 aromatic carbocycles. The van der Waals surface area contributed by atoms with Crippen LogP contribution in [-0.2, 0) is 11.2 Å². The van der Waals surface area contributed by atoms with Crippen molar-refractivity contribution in [1.82, 2.24) is 5.32 Å². The molecule has 0 radical (unpaired) electrons. The lowest BCUT2D eigenvalue weighted by molar-refractivity contribution is -0.121. The molecule has 0 spiro atoms. The van der Waals surface area contributed by atoms with Gasteiger partial charge in [-0.05, 0) is 42.3 Å². The SMILES string of the molecule is CC(NC(=O)Cc1cccc(O)c1)c1cccc(Cl)c1. The van der Waals surface area contributed by atoms with Gasteiger partial charge in [0.2, 0.25) is 5.91 Å². The number of benzene rings is 2. The molecule has 3 nitrogen and oxygen atoms in total. The lowest BCUT2D eigenvalue weighted by Crippen LogP contribution is -2.28. The summed E-state index contributed by atoms with van der Waals surface area (Å²) < 4.78 is 0. The molecule has 0 saturated carbocycles. The molecule has 0 aromatic heterocycles. The van der Waals surface area contributed by atoms with E-state index in [9.17, 15) is 9.90 Å². The number of aromatic hydroxyl groups is 1. The summed E-state index contributed by atoms with van der Waals surface area (Å²) in [5.74, 6) is 0.0706. The van der Waals surface area contributed by atoms with Gasteiger partial charge in [0, 0.05) is 5.02 Å². The van der Waals surface area contributed by atoms with E-state index in [4.69, 9.17) is 11.6 Å². The van der Waals surface area contributed by atoms with E-state index in [1.54, 1.807) is 24.3 Å². The van der Waals surface area contributed by atoms with Crippen LogP contribution in [0, 0.1) is 0 Å². The van der Waals surface area contributed by atoms with Gasteiger partial charge in [0.15, 0.2) is 0 Å². The van der Waals surface area contributed by atoms with E-state index in [0.29, 0.717) is 5.02 Å². The first-order valence-electron chi connectivity index (χ1n) is 6.37. The molecule has 20 heavy (non-hydrogen) atoms. The standard InChI is InChI=1S/C16H16ClNO2/c1-11(13-5-3-6-14(17)10-13)18-16(20)9-12-4-2-7-15(19)8-12/h2-8,10-11,19H,9H2,1H3,(H,18,20). The van der Waals surface area contributed by atoms with E-state index in [2.05, 4.69) is 5.32 Å². The molecule has 1 unspecified atom stereocenters. The maximum absolute atomic E-state index is 12.0. The van der Waals surface area contributed by atoms with E-state index in [-0.39, 0.29) is 24.1 Å². The Kier molecular flexibility index (Phi) is 4.64. The van der Waals surface area contributed by atoms with Gasteiger partial charge in [0.1, 0.15) is 5.75 Å². The summed E-state index contributed by atoms with van der Waals surface area (Å²) in [5, 5.41) is 12.9. The third-order valence-corrected chi connectivity index (χ3v) is 3.24. The fraction of sp³-hybridized carbons (Fsp3) is 0.188. The maximum atomic E-state index is 12.0. The van der Waals surface area contributed by atoms with Gasteiger partial charge in [-0.15, -0.1) is 0 Å². The minimum atomic E-state index is -0.112. The van der Waals surface area contributed by atoms with Crippen molar-refractivity contribution in [3.05, 3.63) is 64.7 Å². The van der Waals surface area contributed by atoms with Gasteiger partial charge in [0.05, 0.1) is 12.5 Å². The number of halogens is 1. The average molecular weight is 290 g/mol. The minimum Gasteiger partial charge on any atom is -0.508 e. The number of carbonyl (C=O) groups excluding carboxylic acids is 1. The first-order chi connectivity index (χ1) is 9.54. The van der Waals surface area contributed by atoms with Crippen LogP contribution in [0.5, 0.6) is 5.75 Å². The van der Waals surface area contributed by atoms with Gasteiger partial charge < -0.3 is 10.4 Å². The van der Waals surface area contributed by atoms with E-state index >= 15 is 0 Å². The van der Waals surface area contributed by atoms with E-state index in [1.165, 1.54) is 0 Å². The zero-order valence-electron chi connectivity index (χ0n) is 11.1. The van der Waals surface area contributed by atoms with Crippen LogP contribution < -0.4 is 5.32 Å². The molecule has 104 valence electrons. The van der Waals surface area contributed by atoms with Gasteiger partial charge in [-0.1, -0.05) is 35.9 Å². The second kappa shape index (κ2) is 6.44. The summed E-state index contributed by atoms with van der Waals surface area (Å²) >= 11 is 5.93. The fourth-order valence-corrected chi connectivity index (χ4v) is 2.20. The highest BCUT2D eigenvalue weighted by atomic mass is 35.5. The molecule has 1 atom stereocenters. The number of rotatable bonds is 4. The van der Waals surface area contributed by atoms with Crippen LogP contribution in [0.15, 0.2) is 48.5 Å². The summed E-state index contributed by atoms with van der Waals surface area (Å²) in [7, 11) is 0. The van der Waals surface area contributed by atoms with E-state index in [0.717, 1.165) is 11.1 Å². The third-order valence-electron chi connectivity index (χ3n) is 3.00. The Labute approximate surface area is 123 Å². The van der Waals surface area contributed by atoms with Crippen molar-refractivity contribution in [3.63, 3.8) is 0 Å². The molecule has 0 aliphatic carbocycles. The van der Waals surface area contributed by atoms with Gasteiger partial charge >= 0.3 is 0 Å². The Morgan fingerprint density at radius 1 is 1.25 bits per heavy atom. The quantitative estimate of drug-likeness (QED) is 0.905. The number of nitrogens with one attached hydrogen (secondary N) is 1. The lowest BCUT2D eigenvalue weighted by atomic mass is 10.1. The molecule has 2 rings (SSSR count). The summed E-state index contributed by atoms with van der Waals surface area (Å²) in [5.41, 5.74) is 1.74. The lowest BCUT2D eigenvalue weighted by Gasteiger charge is -2.14. The van der Waals surface area contributed by atoms with Crippen LogP contribution in [0.25, 0.3) is 0 Å². The third kappa shape index (κ3) is 4.00. The molecule has 2 aromatic rings. The van der Waals surface area contributed by atoms with Gasteiger partial charge in [0.25, 0.3) is 0 Å². The molecule has 0 bridgehead atoms. The predicted molar refractivity (Wildman–Crippen MR) is 79.8 cm³/mol. The molecule has 0 aliphatic heterocycles. The topological polar surface area (TPSA) is 49.3 Å². The Morgan fingerprint density at radius 3 is 2.70 bits per heavy atom. The monoisotopic (exact) mass is 289 g/mol. The number of phenols is 1. The molecular formula is C16H16ClNO2. The second-order valence-corrected chi connectivity index (χ2v) is 5.13. The molecule has 0 fully saturated rings. The van der Waals surface area contributed by atoms with Gasteiger partial charge in [-0.2, -0.15) is 0 Å². The van der Waals surface area contributed by atoms with Crippen molar-refractivity contribution in [1.29, 1.82) is 0 Å². The molecule has 1 amide bonds. The van der Waals surface area contributed by atoms with E-state index in [1.807, 2.05) is 31.2 Å². The Morgan fingerprint density at radius 2 is 2.00 bits per heavy atom. The van der Waals surface area contributed by atoms with Crippen LogP contribution in [0.3, 0.4) is 0 Å². The number of hydrogen-bond donors (Lipinski definition) is 2. The largest absolute Gasteiger partial charge is 0.508 e. The number of carbonyl (C=O) groups is 1. The predicted octanol–water partition coefficient (Wildman–Crippen LogP) is 3.47. The Balaban J connectivity index is 1.97. The van der Waals surface area contributed by atoms with Crippen LogP contribution in [0.2, 0.25) is 5.02 Å². The summed E-state index contributed by atoms with van der Waals surface area (Å²) in [6.07, 6.45) is 0.235. The van der Waals surface area contributed by atoms with Crippen molar-refractivity contribution in [2.45, 2.75) is 19.4 Å². The van der Waals surface area contributed by atoms with Crippen molar-refractivity contribution in [3.8, 4) is 5.75 Å². The molecule has 4 heteroatoms. The van der Waals surface area contributed by atoms with Crippen molar-refractivity contribution in [2.24, 2.45) is 0 Å². The van der Waals surface area contributed by atoms with Crippen LogP contribution in [0.4, 0.5) is 0 Å². The highest BCUT2D eigenvalue weighted by Gasteiger charge is 2.10. The molecular weight excluding hydrogens is 274 g/mol. The van der Waals surface area contributed by atoms with Crippen LogP contribution >= 0.6 is 11.6 Å². The van der Waals surface area contributed by atoms with Crippen molar-refractivity contribution >= 4 is 17.5 Å². The number of amides is 1. The highest BCUT2D eigenvalue weighted by molar-refractivity contribution is 6.30. The first-order valence-corrected chi connectivity index (χ1v) is 6.75. The Hall–Kier alpha value is -2.00. The summed E-state index contributed by atoms with van der Waals surface area (Å²) in [6.45, 7) is 1.91. The van der Waals surface area contributed by atoms with E-state index < -0.39 is 0 Å². The second-order valence-electron chi connectivity index (χ2n) is 4.69. The minimum absolute atomic E-state index is 0.0944. The molecule has 0 saturated heterocycles. The maximum Gasteiger partial charge on any atom is 0.224 e. The zero-order chi connectivity index (χ0) is 14.5. The molecule has 0 heterocycles. The normalized spacial score (nSPS) is 11.9. The van der Waals surface area contributed by atoms with Crippen LogP contribution in [0.1, 0.15) is 24.1 Å². The zero-order valence-corrected chi connectivity index (χ0v) is 11.9. The highest BCUT2D eigenvalue weighted by Crippen LogP contribution is 2.18. The van der Waals surface area contributed by atoms with Crippen molar-refractivity contribution < 1.29 is 9.90 Å². The number of phenolic OH excluding ortho intramolecular Hbond substituents is 1. The van der Waals surface area contributed by atoms with Gasteiger partial charge in [-0.25, -0.2) is 0 Å². The number of hydrogen-bond acceptors (Lipinski definition) is 2. The first kappa shape index (κ1) is 14.4. The molecule has 2 N–H and O–H groups in total. The molecule has 0 aliphatic rings. The summed E-state index contributed by atoms with van der Waals surface area (Å²) in [4.78, 5) is 12.0. The van der Waals surface area contributed by atoms with Crippen molar-refractivity contribution in [2.75, 3.05) is 0 Å². The average Bonchev–Trinajstić information content (AvgIpc) is 2.38. The fourth-order valence-electron chi connectivity index (χ4n) is 2.00. The van der Waals surface area contributed by atoms with Gasteiger partial charge in [-0.3, -0.25) is 4.79 Å². The Bertz CT molecular complexity index is 613. The summed E-state index contributed by atoms with van der Waals surface area (Å²) in [6, 6.07) is 14.0. The smallest absolute Gasteiger partial charge is 0.224 e. The van der Waals surface area contributed by atoms with Crippen LogP contribution in [-0.4, -0.2) is 11.0 Å².